The Bertz CT molecular complexity index is 1010. The number of rotatable bonds is 7. The molecule has 1 saturated heterocycles. The number of amides is 1. The Morgan fingerprint density at radius 2 is 1.87 bits per heavy atom. The van der Waals surface area contributed by atoms with Crippen LogP contribution in [0.25, 0.3) is 0 Å². The number of aryl methyl sites for hydroxylation is 1. The largest absolute Gasteiger partial charge is 0.573 e. The predicted octanol–water partition coefficient (Wildman–Crippen LogP) is 3.62. The summed E-state index contributed by atoms with van der Waals surface area (Å²) in [5.41, 5.74) is 1.22. The van der Waals surface area contributed by atoms with Crippen LogP contribution in [-0.2, 0) is 21.2 Å². The van der Waals surface area contributed by atoms with Crippen molar-refractivity contribution in [2.24, 2.45) is 0 Å². The molecule has 0 aromatic heterocycles. The Balaban J connectivity index is 1.71. The lowest BCUT2D eigenvalue weighted by Crippen LogP contribution is -2.41. The van der Waals surface area contributed by atoms with Gasteiger partial charge >= 0.3 is 6.36 Å². The summed E-state index contributed by atoms with van der Waals surface area (Å²) in [6, 6.07) is 10.4. The molecule has 0 saturated carbocycles. The second-order valence-corrected chi connectivity index (χ2v) is 8.61. The van der Waals surface area contributed by atoms with Crippen molar-refractivity contribution < 1.29 is 31.1 Å². The van der Waals surface area contributed by atoms with E-state index in [4.69, 9.17) is 0 Å². The van der Waals surface area contributed by atoms with Crippen molar-refractivity contribution in [3.05, 3.63) is 54.1 Å². The number of hydrogen-bond acceptors (Lipinski definition) is 4. The highest BCUT2D eigenvalue weighted by Crippen LogP contribution is 2.29. The van der Waals surface area contributed by atoms with Crippen LogP contribution in [0.5, 0.6) is 5.75 Å². The van der Waals surface area contributed by atoms with Crippen molar-refractivity contribution in [2.45, 2.75) is 43.5 Å². The first-order valence-corrected chi connectivity index (χ1v) is 10.9. The first-order chi connectivity index (χ1) is 14.1. The van der Waals surface area contributed by atoms with E-state index < -0.39 is 34.1 Å². The molecule has 0 aliphatic carbocycles. The topological polar surface area (TPSA) is 75.7 Å². The van der Waals surface area contributed by atoms with Crippen molar-refractivity contribution in [3.8, 4) is 5.75 Å². The first kappa shape index (κ1) is 22.1. The molecular formula is C20H21F3N2O4S. The third-order valence-corrected chi connectivity index (χ3v) is 6.13. The summed E-state index contributed by atoms with van der Waals surface area (Å²) >= 11 is 0. The average Bonchev–Trinajstić information content (AvgIpc) is 3.01. The van der Waals surface area contributed by atoms with E-state index in [0.29, 0.717) is 0 Å². The van der Waals surface area contributed by atoms with E-state index in [2.05, 4.69) is 9.46 Å². The molecule has 10 heteroatoms. The maximum atomic E-state index is 12.7. The highest BCUT2D eigenvalue weighted by molar-refractivity contribution is 7.89. The molecule has 1 atom stereocenters. The minimum atomic E-state index is -4.85. The van der Waals surface area contributed by atoms with Crippen molar-refractivity contribution in [3.63, 3.8) is 0 Å². The van der Waals surface area contributed by atoms with Crippen LogP contribution in [0, 0.1) is 0 Å². The molecule has 1 unspecified atom stereocenters. The van der Waals surface area contributed by atoms with E-state index in [1.165, 1.54) is 29.2 Å². The quantitative estimate of drug-likeness (QED) is 0.711. The van der Waals surface area contributed by atoms with Crippen LogP contribution in [0.4, 0.5) is 18.9 Å². The van der Waals surface area contributed by atoms with Crippen LogP contribution in [0.1, 0.15) is 25.3 Å². The standard InChI is InChI=1S/C20H21F3N2O4S/c1-2-4-14-7-9-17(10-8-14)30(27,28)24-18-11-12-25(19(18)26)15-5-3-6-16(13-15)29-20(21,22)23/h3,5-10,13,18,24H,2,4,11-12H2,1H3. The molecule has 6 nitrogen and oxygen atoms in total. The lowest BCUT2D eigenvalue weighted by Gasteiger charge is -2.18. The molecule has 162 valence electrons. The fourth-order valence-electron chi connectivity index (χ4n) is 3.27. The van der Waals surface area contributed by atoms with Gasteiger partial charge in [-0.1, -0.05) is 31.5 Å². The van der Waals surface area contributed by atoms with E-state index >= 15 is 0 Å². The van der Waals surface area contributed by atoms with Crippen LogP contribution in [0.2, 0.25) is 0 Å². The van der Waals surface area contributed by atoms with Gasteiger partial charge in [0.05, 0.1) is 4.90 Å². The Morgan fingerprint density at radius 3 is 2.50 bits per heavy atom. The molecule has 1 N–H and O–H groups in total. The van der Waals surface area contributed by atoms with E-state index in [-0.39, 0.29) is 23.5 Å². The number of sulfonamides is 1. The lowest BCUT2D eigenvalue weighted by atomic mass is 10.1. The molecule has 2 aromatic carbocycles. The Kier molecular flexibility index (Phi) is 6.37. The maximum absolute atomic E-state index is 12.7. The normalized spacial score (nSPS) is 17.4. The number of ether oxygens (including phenoxy) is 1. The van der Waals surface area contributed by atoms with E-state index in [1.807, 2.05) is 6.92 Å². The number of carbonyl (C=O) groups is 1. The molecule has 1 fully saturated rings. The minimum absolute atomic E-state index is 0.0502. The molecule has 1 heterocycles. The lowest BCUT2D eigenvalue weighted by molar-refractivity contribution is -0.274. The number of halogens is 3. The molecule has 0 spiro atoms. The third-order valence-electron chi connectivity index (χ3n) is 4.64. The molecule has 1 aliphatic rings. The number of carbonyl (C=O) groups excluding carboxylic acids is 1. The smallest absolute Gasteiger partial charge is 0.406 e. The summed E-state index contributed by atoms with van der Waals surface area (Å²) in [6.45, 7) is 2.19. The zero-order chi connectivity index (χ0) is 21.9. The number of anilines is 1. The highest BCUT2D eigenvalue weighted by atomic mass is 32.2. The van der Waals surface area contributed by atoms with E-state index in [1.54, 1.807) is 12.1 Å². The van der Waals surface area contributed by atoms with Gasteiger partial charge in [0, 0.05) is 18.3 Å². The summed E-state index contributed by atoms with van der Waals surface area (Å²) in [5, 5.41) is 0. The van der Waals surface area contributed by atoms with Gasteiger partial charge in [-0.2, -0.15) is 4.72 Å². The first-order valence-electron chi connectivity index (χ1n) is 9.37. The Morgan fingerprint density at radius 1 is 1.17 bits per heavy atom. The van der Waals surface area contributed by atoms with Crippen molar-refractivity contribution in [2.75, 3.05) is 11.4 Å². The van der Waals surface area contributed by atoms with Crippen molar-refractivity contribution in [1.82, 2.24) is 4.72 Å². The number of nitrogens with one attached hydrogen (secondary N) is 1. The molecule has 3 rings (SSSR count). The van der Waals surface area contributed by atoms with Gasteiger partial charge < -0.3 is 9.64 Å². The number of benzene rings is 2. The summed E-state index contributed by atoms with van der Waals surface area (Å²) in [5.74, 6) is -0.991. The average molecular weight is 442 g/mol. The summed E-state index contributed by atoms with van der Waals surface area (Å²) in [6.07, 6.45) is -2.89. The number of nitrogens with zero attached hydrogens (tertiary/aromatic N) is 1. The van der Waals surface area contributed by atoms with Gasteiger partial charge in [0.2, 0.25) is 15.9 Å². The van der Waals surface area contributed by atoms with Gasteiger partial charge in [-0.25, -0.2) is 8.42 Å². The molecule has 30 heavy (non-hydrogen) atoms. The van der Waals surface area contributed by atoms with Crippen molar-refractivity contribution >= 4 is 21.6 Å². The minimum Gasteiger partial charge on any atom is -0.406 e. The summed E-state index contributed by atoms with van der Waals surface area (Å²) in [7, 11) is -3.92. The van der Waals surface area contributed by atoms with Crippen LogP contribution < -0.4 is 14.4 Å². The number of hydrogen-bond donors (Lipinski definition) is 1. The zero-order valence-corrected chi connectivity index (χ0v) is 17.0. The molecule has 1 amide bonds. The Hall–Kier alpha value is -2.59. The molecule has 1 aliphatic heterocycles. The molecule has 2 aromatic rings. The van der Waals surface area contributed by atoms with Crippen LogP contribution in [0.3, 0.4) is 0 Å². The zero-order valence-electron chi connectivity index (χ0n) is 16.1. The van der Waals surface area contributed by atoms with E-state index in [0.717, 1.165) is 30.5 Å². The van der Waals surface area contributed by atoms with Gasteiger partial charge in [0.15, 0.2) is 0 Å². The monoisotopic (exact) mass is 442 g/mol. The fourth-order valence-corrected chi connectivity index (χ4v) is 4.50. The van der Waals surface area contributed by atoms with Crippen LogP contribution >= 0.6 is 0 Å². The van der Waals surface area contributed by atoms with Crippen molar-refractivity contribution in [1.29, 1.82) is 0 Å². The fraction of sp³-hybridized carbons (Fsp3) is 0.350. The van der Waals surface area contributed by atoms with Gasteiger partial charge in [0.1, 0.15) is 11.8 Å². The van der Waals surface area contributed by atoms with Crippen LogP contribution in [0.15, 0.2) is 53.4 Å². The molecule has 0 bridgehead atoms. The van der Waals surface area contributed by atoms with E-state index in [9.17, 15) is 26.4 Å². The van der Waals surface area contributed by atoms with Gasteiger partial charge in [0.25, 0.3) is 0 Å². The second kappa shape index (κ2) is 8.65. The predicted molar refractivity (Wildman–Crippen MR) is 105 cm³/mol. The van der Waals surface area contributed by atoms with Gasteiger partial charge in [-0.15, -0.1) is 13.2 Å². The maximum Gasteiger partial charge on any atom is 0.573 e. The highest BCUT2D eigenvalue weighted by Gasteiger charge is 2.36. The summed E-state index contributed by atoms with van der Waals surface area (Å²) in [4.78, 5) is 14.0. The Labute approximate surface area is 172 Å². The van der Waals surface area contributed by atoms with Gasteiger partial charge in [-0.05, 0) is 42.7 Å². The molecule has 0 radical (unpaired) electrons. The summed E-state index contributed by atoms with van der Waals surface area (Å²) < 4.78 is 68.8. The molecular weight excluding hydrogens is 421 g/mol. The van der Waals surface area contributed by atoms with Gasteiger partial charge in [-0.3, -0.25) is 4.79 Å². The SMILES string of the molecule is CCCc1ccc(S(=O)(=O)NC2CCN(c3cccc(OC(F)(F)F)c3)C2=O)cc1. The second-order valence-electron chi connectivity index (χ2n) is 6.89. The van der Waals surface area contributed by atoms with Crippen LogP contribution in [-0.4, -0.2) is 33.3 Å². The third kappa shape index (κ3) is 5.31. The number of alkyl halides is 3.